The van der Waals surface area contributed by atoms with E-state index < -0.39 is 28.5 Å². The number of fused-ring (bicyclic) bond motifs is 3. The summed E-state index contributed by atoms with van der Waals surface area (Å²) >= 11 is 0. The first-order valence-electron chi connectivity index (χ1n) is 7.40. The maximum absolute atomic E-state index is 12.0. The molecule has 0 amide bonds. The molecule has 2 aromatic carbocycles. The number of nitrogens with zero attached hydrogens (tertiary/aromatic N) is 1. The van der Waals surface area contributed by atoms with Crippen molar-refractivity contribution in [2.75, 3.05) is 0 Å². The first-order chi connectivity index (χ1) is 11.2. The van der Waals surface area contributed by atoms with Gasteiger partial charge in [0, 0.05) is 23.1 Å². The molecular weight excluding hydrogens is 310 g/mol. The third-order valence-electron chi connectivity index (χ3n) is 4.50. The number of carbonyl (C=O) groups excluding carboxylic acids is 1. The van der Waals surface area contributed by atoms with E-state index in [4.69, 9.17) is 5.11 Å². The van der Waals surface area contributed by atoms with E-state index in [9.17, 15) is 19.7 Å². The van der Waals surface area contributed by atoms with Crippen LogP contribution in [-0.2, 0) is 10.2 Å². The van der Waals surface area contributed by atoms with Gasteiger partial charge in [-0.2, -0.15) is 0 Å². The molecule has 1 N–H and O–H groups in total. The van der Waals surface area contributed by atoms with E-state index in [0.717, 1.165) is 22.3 Å². The molecule has 0 radical (unpaired) electrons. The Morgan fingerprint density at radius 2 is 1.67 bits per heavy atom. The molecule has 0 spiro atoms. The molecule has 6 nitrogen and oxygen atoms in total. The summed E-state index contributed by atoms with van der Waals surface area (Å²) in [6.45, 7) is 3.87. The number of non-ortho nitro benzene ring substituents is 1. The molecule has 0 aliphatic heterocycles. The zero-order valence-electron chi connectivity index (χ0n) is 13.2. The molecule has 3 rings (SSSR count). The fourth-order valence-corrected chi connectivity index (χ4v) is 3.25. The van der Waals surface area contributed by atoms with Crippen LogP contribution in [0.25, 0.3) is 11.1 Å². The zero-order chi connectivity index (χ0) is 17.6. The highest BCUT2D eigenvalue weighted by Crippen LogP contribution is 2.49. The van der Waals surface area contributed by atoms with Gasteiger partial charge in [-0.25, -0.2) is 0 Å². The van der Waals surface area contributed by atoms with Gasteiger partial charge >= 0.3 is 5.97 Å². The number of rotatable bonds is 4. The van der Waals surface area contributed by atoms with Gasteiger partial charge in [0.25, 0.3) is 5.69 Å². The summed E-state index contributed by atoms with van der Waals surface area (Å²) in [6, 6.07) is 9.84. The molecule has 0 aromatic heterocycles. The fraction of sp³-hybridized carbons (Fsp3) is 0.222. The monoisotopic (exact) mass is 325 g/mol. The van der Waals surface area contributed by atoms with Gasteiger partial charge in [-0.15, -0.1) is 0 Å². The number of carbonyl (C=O) groups is 2. The van der Waals surface area contributed by atoms with Crippen LogP contribution in [0, 0.1) is 10.1 Å². The summed E-state index contributed by atoms with van der Waals surface area (Å²) < 4.78 is 0. The third kappa shape index (κ3) is 2.36. The van der Waals surface area contributed by atoms with Crippen molar-refractivity contribution in [3.05, 3.63) is 63.2 Å². The van der Waals surface area contributed by atoms with Gasteiger partial charge in [-0.1, -0.05) is 26.0 Å². The summed E-state index contributed by atoms with van der Waals surface area (Å²) in [5.41, 5.74) is 3.37. The lowest BCUT2D eigenvalue weighted by Gasteiger charge is -2.21. The van der Waals surface area contributed by atoms with Gasteiger partial charge in [-0.3, -0.25) is 19.7 Å². The summed E-state index contributed by atoms with van der Waals surface area (Å²) in [5, 5.41) is 19.8. The molecule has 0 unspecified atom stereocenters. The van der Waals surface area contributed by atoms with Crippen LogP contribution in [0.4, 0.5) is 5.69 Å². The van der Waals surface area contributed by atoms with Crippen LogP contribution < -0.4 is 0 Å². The topological polar surface area (TPSA) is 97.5 Å². The summed E-state index contributed by atoms with van der Waals surface area (Å²) in [7, 11) is 0. The highest BCUT2D eigenvalue weighted by atomic mass is 16.6. The van der Waals surface area contributed by atoms with E-state index in [0.29, 0.717) is 5.56 Å². The normalized spacial score (nSPS) is 13.9. The quantitative estimate of drug-likeness (QED) is 0.401. The van der Waals surface area contributed by atoms with E-state index >= 15 is 0 Å². The van der Waals surface area contributed by atoms with E-state index in [1.54, 1.807) is 30.3 Å². The molecule has 0 saturated heterocycles. The smallest absolute Gasteiger partial charge is 0.311 e. The summed E-state index contributed by atoms with van der Waals surface area (Å²) in [5.74, 6) is -1.62. The van der Waals surface area contributed by atoms with Crippen LogP contribution in [0.5, 0.6) is 0 Å². The Hall–Kier alpha value is -3.02. The van der Waals surface area contributed by atoms with Gasteiger partial charge in [0.2, 0.25) is 0 Å². The van der Waals surface area contributed by atoms with Crippen molar-refractivity contribution in [2.24, 2.45) is 0 Å². The number of nitro benzene ring substituents is 1. The van der Waals surface area contributed by atoms with Crippen LogP contribution >= 0.6 is 0 Å². The lowest BCUT2D eigenvalue weighted by atomic mass is 9.81. The molecule has 122 valence electrons. The number of hydrogen-bond donors (Lipinski definition) is 1. The molecule has 1 aliphatic rings. The van der Waals surface area contributed by atoms with Crippen molar-refractivity contribution in [2.45, 2.75) is 25.7 Å². The van der Waals surface area contributed by atoms with Crippen molar-refractivity contribution in [1.29, 1.82) is 0 Å². The second kappa shape index (κ2) is 5.26. The molecular formula is C18H15NO5. The van der Waals surface area contributed by atoms with E-state index in [1.165, 1.54) is 6.07 Å². The van der Waals surface area contributed by atoms with E-state index in [1.807, 2.05) is 13.8 Å². The Labute approximate surface area is 137 Å². The Bertz CT molecular complexity index is 898. The summed E-state index contributed by atoms with van der Waals surface area (Å²) in [6.07, 6.45) is -0.558. The minimum Gasteiger partial charge on any atom is -0.481 e. The standard InChI is InChI=1S/C18H15NO5/c1-18(2)14-7-10(16(20)9-17(21)22)3-5-12(14)13-6-4-11(19(23)24)8-15(13)18/h3-8H,9H2,1-2H3,(H,21,22). The zero-order valence-corrected chi connectivity index (χ0v) is 13.2. The highest BCUT2D eigenvalue weighted by molar-refractivity contribution is 6.06. The van der Waals surface area contributed by atoms with Crippen LogP contribution in [0.3, 0.4) is 0 Å². The number of hydrogen-bond acceptors (Lipinski definition) is 4. The molecule has 0 bridgehead atoms. The lowest BCUT2D eigenvalue weighted by Crippen LogP contribution is -2.16. The number of nitro groups is 1. The predicted molar refractivity (Wildman–Crippen MR) is 87.2 cm³/mol. The minimum atomic E-state index is -1.17. The van der Waals surface area contributed by atoms with Crippen LogP contribution in [0.2, 0.25) is 0 Å². The van der Waals surface area contributed by atoms with Gasteiger partial charge in [0.1, 0.15) is 6.42 Å². The SMILES string of the molecule is CC1(C)c2cc(C(=O)CC(=O)O)ccc2-c2ccc([N+](=O)[O-])cc21. The van der Waals surface area contributed by atoms with Crippen LogP contribution in [0.1, 0.15) is 41.8 Å². The second-order valence-electron chi connectivity index (χ2n) is 6.37. The molecule has 24 heavy (non-hydrogen) atoms. The number of ketones is 1. The molecule has 2 aromatic rings. The molecule has 0 heterocycles. The first-order valence-corrected chi connectivity index (χ1v) is 7.40. The Morgan fingerprint density at radius 3 is 2.25 bits per heavy atom. The maximum atomic E-state index is 12.0. The van der Waals surface area contributed by atoms with Crippen LogP contribution in [0.15, 0.2) is 36.4 Å². The van der Waals surface area contributed by atoms with Gasteiger partial charge in [0.05, 0.1) is 4.92 Å². The van der Waals surface area contributed by atoms with Crippen molar-refractivity contribution in [3.8, 4) is 11.1 Å². The van der Waals surface area contributed by atoms with Crippen LogP contribution in [-0.4, -0.2) is 21.8 Å². The van der Waals surface area contributed by atoms with E-state index in [2.05, 4.69) is 0 Å². The van der Waals surface area contributed by atoms with Gasteiger partial charge in [-0.05, 0) is 34.4 Å². The Morgan fingerprint density at radius 1 is 1.08 bits per heavy atom. The lowest BCUT2D eigenvalue weighted by molar-refractivity contribution is -0.384. The second-order valence-corrected chi connectivity index (χ2v) is 6.37. The number of carboxylic acids is 1. The number of carboxylic acid groups (broad SMARTS) is 1. The minimum absolute atomic E-state index is 0.0248. The van der Waals surface area contributed by atoms with E-state index in [-0.39, 0.29) is 5.69 Å². The predicted octanol–water partition coefficient (Wildman–Crippen LogP) is 3.56. The van der Waals surface area contributed by atoms with Crippen molar-refractivity contribution >= 4 is 17.4 Å². The molecule has 0 fully saturated rings. The highest BCUT2D eigenvalue weighted by Gasteiger charge is 2.37. The first kappa shape index (κ1) is 15.9. The summed E-state index contributed by atoms with van der Waals surface area (Å²) in [4.78, 5) is 33.4. The molecule has 0 atom stereocenters. The number of Topliss-reactive ketones (excluding diaryl/α,β-unsaturated/α-hetero) is 1. The van der Waals surface area contributed by atoms with Crippen molar-refractivity contribution in [3.63, 3.8) is 0 Å². The van der Waals surface area contributed by atoms with Gasteiger partial charge in [0.15, 0.2) is 5.78 Å². The number of aliphatic carboxylic acids is 1. The average molecular weight is 325 g/mol. The van der Waals surface area contributed by atoms with Crippen molar-refractivity contribution < 1.29 is 19.6 Å². The number of benzene rings is 2. The Balaban J connectivity index is 2.12. The fourth-order valence-electron chi connectivity index (χ4n) is 3.25. The van der Waals surface area contributed by atoms with Crippen molar-refractivity contribution in [1.82, 2.24) is 0 Å². The van der Waals surface area contributed by atoms with Gasteiger partial charge < -0.3 is 5.11 Å². The molecule has 1 aliphatic carbocycles. The maximum Gasteiger partial charge on any atom is 0.311 e. The Kier molecular flexibility index (Phi) is 3.48. The largest absolute Gasteiger partial charge is 0.481 e. The third-order valence-corrected chi connectivity index (χ3v) is 4.50. The molecule has 6 heteroatoms. The molecule has 0 saturated carbocycles. The average Bonchev–Trinajstić information content (AvgIpc) is 2.74.